The summed E-state index contributed by atoms with van der Waals surface area (Å²) in [5, 5.41) is 2.85. The number of methoxy groups -OCH3 is 2. The van der Waals surface area contributed by atoms with Crippen LogP contribution >= 0.6 is 0 Å². The molecule has 0 aliphatic carbocycles. The minimum atomic E-state index is -0.0581. The van der Waals surface area contributed by atoms with Crippen LogP contribution in [-0.4, -0.2) is 33.3 Å². The third-order valence-electron chi connectivity index (χ3n) is 3.54. The highest BCUT2D eigenvalue weighted by molar-refractivity contribution is 5.79. The Bertz CT molecular complexity index is 668. The molecule has 2 aromatic rings. The van der Waals surface area contributed by atoms with Crippen LogP contribution in [0.4, 0.5) is 0 Å². The van der Waals surface area contributed by atoms with Crippen molar-refractivity contribution in [3.63, 3.8) is 0 Å². The third-order valence-corrected chi connectivity index (χ3v) is 3.54. The fourth-order valence-corrected chi connectivity index (χ4v) is 2.31. The number of rotatable bonds is 8. The highest BCUT2D eigenvalue weighted by atomic mass is 16.5. The van der Waals surface area contributed by atoms with Crippen LogP contribution in [-0.2, 0) is 11.2 Å². The molecule has 0 saturated carbocycles. The van der Waals surface area contributed by atoms with E-state index >= 15 is 0 Å². The second-order valence-electron chi connectivity index (χ2n) is 5.37. The van der Waals surface area contributed by atoms with Crippen molar-refractivity contribution in [2.45, 2.75) is 13.3 Å². The molecule has 0 heterocycles. The number of ether oxygens (including phenoxy) is 3. The number of carbonyl (C=O) groups excluding carboxylic acids is 1. The number of amides is 1. The van der Waals surface area contributed by atoms with E-state index in [0.29, 0.717) is 13.2 Å². The Morgan fingerprint density at radius 1 is 1.00 bits per heavy atom. The zero-order valence-corrected chi connectivity index (χ0v) is 14.3. The van der Waals surface area contributed by atoms with Gasteiger partial charge in [0.05, 0.1) is 27.2 Å². The zero-order valence-electron chi connectivity index (χ0n) is 14.3. The Balaban J connectivity index is 1.76. The fourth-order valence-electron chi connectivity index (χ4n) is 2.31. The predicted octanol–water partition coefficient (Wildman–Crippen LogP) is 2.75. The highest BCUT2D eigenvalue weighted by Gasteiger charge is 2.08. The maximum absolute atomic E-state index is 12.0. The molecule has 0 fully saturated rings. The van der Waals surface area contributed by atoms with Crippen molar-refractivity contribution in [3.05, 3.63) is 53.6 Å². The summed E-state index contributed by atoms with van der Waals surface area (Å²) in [6, 6.07) is 13.1. The van der Waals surface area contributed by atoms with Crippen LogP contribution in [0.1, 0.15) is 11.1 Å². The lowest BCUT2D eigenvalue weighted by atomic mass is 10.1. The first-order chi connectivity index (χ1) is 11.6. The van der Waals surface area contributed by atoms with Crippen LogP contribution in [0.5, 0.6) is 17.2 Å². The molecule has 0 bridgehead atoms. The smallest absolute Gasteiger partial charge is 0.224 e. The second-order valence-corrected chi connectivity index (χ2v) is 5.37. The van der Waals surface area contributed by atoms with Gasteiger partial charge in [0.25, 0.3) is 0 Å². The standard InChI is InChI=1S/C19H23NO4/c1-14-4-9-18(23-3)15(12-14)13-19(21)20-10-11-24-17-7-5-16(22-2)6-8-17/h4-9,12H,10-11,13H2,1-3H3,(H,20,21). The van der Waals surface area contributed by atoms with Crippen LogP contribution in [0, 0.1) is 6.92 Å². The normalized spacial score (nSPS) is 10.1. The molecule has 128 valence electrons. The molecule has 5 heteroatoms. The summed E-state index contributed by atoms with van der Waals surface area (Å²) in [5.74, 6) is 2.19. The number of nitrogens with one attached hydrogen (secondary N) is 1. The molecule has 1 N–H and O–H groups in total. The van der Waals surface area contributed by atoms with E-state index < -0.39 is 0 Å². The van der Waals surface area contributed by atoms with E-state index in [-0.39, 0.29) is 12.3 Å². The van der Waals surface area contributed by atoms with Gasteiger partial charge in [0.15, 0.2) is 0 Å². The summed E-state index contributed by atoms with van der Waals surface area (Å²) in [6.45, 7) is 2.84. The number of aryl methyl sites for hydroxylation is 1. The molecule has 24 heavy (non-hydrogen) atoms. The molecule has 0 atom stereocenters. The van der Waals surface area contributed by atoms with Gasteiger partial charge in [-0.05, 0) is 37.3 Å². The first-order valence-electron chi connectivity index (χ1n) is 7.79. The molecule has 0 aliphatic rings. The minimum absolute atomic E-state index is 0.0581. The van der Waals surface area contributed by atoms with Crippen LogP contribution < -0.4 is 19.5 Å². The minimum Gasteiger partial charge on any atom is -0.497 e. The average Bonchev–Trinajstić information content (AvgIpc) is 2.59. The Hall–Kier alpha value is -2.69. The predicted molar refractivity (Wildman–Crippen MR) is 92.9 cm³/mol. The van der Waals surface area contributed by atoms with Crippen molar-refractivity contribution in [2.24, 2.45) is 0 Å². The van der Waals surface area contributed by atoms with E-state index in [1.807, 2.05) is 49.4 Å². The van der Waals surface area contributed by atoms with E-state index in [1.54, 1.807) is 14.2 Å². The van der Waals surface area contributed by atoms with Gasteiger partial charge in [-0.25, -0.2) is 0 Å². The van der Waals surface area contributed by atoms with Crippen molar-refractivity contribution >= 4 is 5.91 Å². The summed E-state index contributed by atoms with van der Waals surface area (Å²) < 4.78 is 16.0. The maximum atomic E-state index is 12.0. The molecular formula is C19H23NO4. The molecule has 0 saturated heterocycles. The Morgan fingerprint density at radius 3 is 2.38 bits per heavy atom. The number of hydrogen-bond donors (Lipinski definition) is 1. The number of hydrogen-bond acceptors (Lipinski definition) is 4. The largest absolute Gasteiger partial charge is 0.497 e. The molecule has 0 unspecified atom stereocenters. The van der Waals surface area contributed by atoms with Crippen molar-refractivity contribution < 1.29 is 19.0 Å². The SMILES string of the molecule is COc1ccc(OCCNC(=O)Cc2cc(C)ccc2OC)cc1. The van der Waals surface area contributed by atoms with Crippen LogP contribution in [0.15, 0.2) is 42.5 Å². The molecule has 2 rings (SSSR count). The van der Waals surface area contributed by atoms with E-state index in [0.717, 1.165) is 28.4 Å². The van der Waals surface area contributed by atoms with Crippen molar-refractivity contribution in [1.29, 1.82) is 0 Å². The average molecular weight is 329 g/mol. The lowest BCUT2D eigenvalue weighted by Crippen LogP contribution is -2.29. The van der Waals surface area contributed by atoms with Gasteiger partial charge in [0, 0.05) is 5.56 Å². The van der Waals surface area contributed by atoms with Crippen molar-refractivity contribution in [3.8, 4) is 17.2 Å². The summed E-state index contributed by atoms with van der Waals surface area (Å²) in [5.41, 5.74) is 1.98. The summed E-state index contributed by atoms with van der Waals surface area (Å²) >= 11 is 0. The van der Waals surface area contributed by atoms with Gasteiger partial charge in [-0.3, -0.25) is 4.79 Å². The third kappa shape index (κ3) is 5.19. The van der Waals surface area contributed by atoms with Crippen molar-refractivity contribution in [1.82, 2.24) is 5.32 Å². The van der Waals surface area contributed by atoms with Gasteiger partial charge in [0.2, 0.25) is 5.91 Å². The highest BCUT2D eigenvalue weighted by Crippen LogP contribution is 2.20. The maximum Gasteiger partial charge on any atom is 0.224 e. The summed E-state index contributed by atoms with van der Waals surface area (Å²) in [4.78, 5) is 12.0. The van der Waals surface area contributed by atoms with Crippen LogP contribution in [0.2, 0.25) is 0 Å². The van der Waals surface area contributed by atoms with E-state index in [2.05, 4.69) is 5.32 Å². The van der Waals surface area contributed by atoms with E-state index in [1.165, 1.54) is 0 Å². The molecule has 0 aliphatic heterocycles. The Labute approximate surface area is 142 Å². The molecule has 0 spiro atoms. The number of carbonyl (C=O) groups is 1. The van der Waals surface area contributed by atoms with E-state index in [4.69, 9.17) is 14.2 Å². The summed E-state index contributed by atoms with van der Waals surface area (Å²) in [7, 11) is 3.23. The van der Waals surface area contributed by atoms with Gasteiger partial charge < -0.3 is 19.5 Å². The quantitative estimate of drug-likeness (QED) is 0.757. The fraction of sp³-hybridized carbons (Fsp3) is 0.316. The molecule has 0 aromatic heterocycles. The van der Waals surface area contributed by atoms with Crippen molar-refractivity contribution in [2.75, 3.05) is 27.4 Å². The van der Waals surface area contributed by atoms with Gasteiger partial charge in [-0.2, -0.15) is 0 Å². The second kappa shape index (κ2) is 8.82. The molecular weight excluding hydrogens is 306 g/mol. The van der Waals surface area contributed by atoms with Gasteiger partial charge >= 0.3 is 0 Å². The Morgan fingerprint density at radius 2 is 1.71 bits per heavy atom. The zero-order chi connectivity index (χ0) is 17.4. The number of benzene rings is 2. The van der Waals surface area contributed by atoms with Gasteiger partial charge in [-0.1, -0.05) is 17.7 Å². The van der Waals surface area contributed by atoms with Gasteiger partial charge in [-0.15, -0.1) is 0 Å². The monoisotopic (exact) mass is 329 g/mol. The van der Waals surface area contributed by atoms with E-state index in [9.17, 15) is 4.79 Å². The first kappa shape index (κ1) is 17.7. The topological polar surface area (TPSA) is 56.8 Å². The van der Waals surface area contributed by atoms with Crippen LogP contribution in [0.3, 0.4) is 0 Å². The lowest BCUT2D eigenvalue weighted by molar-refractivity contribution is -0.120. The summed E-state index contributed by atoms with van der Waals surface area (Å²) in [6.07, 6.45) is 0.285. The Kier molecular flexibility index (Phi) is 6.49. The molecule has 0 radical (unpaired) electrons. The van der Waals surface area contributed by atoms with Crippen LogP contribution in [0.25, 0.3) is 0 Å². The molecule has 2 aromatic carbocycles. The lowest BCUT2D eigenvalue weighted by Gasteiger charge is -2.11. The molecule has 5 nitrogen and oxygen atoms in total. The molecule has 1 amide bonds. The first-order valence-corrected chi connectivity index (χ1v) is 7.79. The van der Waals surface area contributed by atoms with Gasteiger partial charge in [0.1, 0.15) is 23.9 Å².